The van der Waals surface area contributed by atoms with Crippen molar-refractivity contribution < 1.29 is 0 Å². The Hall–Kier alpha value is -0.700. The van der Waals surface area contributed by atoms with Gasteiger partial charge in [0.25, 0.3) is 0 Å². The van der Waals surface area contributed by atoms with Crippen LogP contribution in [0.15, 0.2) is 48.5 Å². The van der Waals surface area contributed by atoms with Crippen molar-refractivity contribution in [3.05, 3.63) is 59.7 Å². The van der Waals surface area contributed by atoms with Gasteiger partial charge in [-0.05, 0) is 92.8 Å². The average Bonchev–Trinajstić information content (AvgIpc) is 2.59. The van der Waals surface area contributed by atoms with Crippen LogP contribution < -0.4 is 10.6 Å². The molecule has 0 spiro atoms. The van der Waals surface area contributed by atoms with Gasteiger partial charge >= 0.3 is 0 Å². The Balaban J connectivity index is 1.64. The van der Waals surface area contributed by atoms with E-state index in [4.69, 9.17) is 0 Å². The van der Waals surface area contributed by atoms with E-state index in [0.29, 0.717) is 0 Å². The van der Waals surface area contributed by atoms with Gasteiger partial charge in [-0.3, -0.25) is 0 Å². The largest absolute Gasteiger partial charge is 0.0977 e. The summed E-state index contributed by atoms with van der Waals surface area (Å²) in [5, 5.41) is 4.33. The highest BCUT2D eigenvalue weighted by molar-refractivity contribution is 7.84. The van der Waals surface area contributed by atoms with Crippen molar-refractivity contribution >= 4 is 26.5 Å². The molecule has 3 unspecified atom stereocenters. The maximum atomic E-state index is 2.45. The molecule has 4 fully saturated rings. The lowest BCUT2D eigenvalue weighted by molar-refractivity contribution is 0.204. The first-order valence-corrected chi connectivity index (χ1v) is 13.0. The highest BCUT2D eigenvalue weighted by atomic mass is 31.2. The molecule has 0 amide bonds. The van der Waals surface area contributed by atoms with Gasteiger partial charge in [0.15, 0.2) is 0 Å². The SMILES string of the molecule is Cc1ccccc1P(c1ccccc1C)C1C2CC3CC(C2)CP1C3. The molecule has 3 aliphatic heterocycles. The zero-order valence-electron chi connectivity index (χ0n) is 15.4. The number of aryl methyl sites for hydroxylation is 2. The summed E-state index contributed by atoms with van der Waals surface area (Å²) in [5.74, 6) is 3.19. The molecular weight excluding hydrogens is 338 g/mol. The molecule has 2 aromatic rings. The molecule has 3 saturated heterocycles. The van der Waals surface area contributed by atoms with E-state index in [0.717, 1.165) is 23.2 Å². The van der Waals surface area contributed by atoms with E-state index in [2.05, 4.69) is 62.4 Å². The third-order valence-electron chi connectivity index (χ3n) is 6.73. The summed E-state index contributed by atoms with van der Waals surface area (Å²) in [7, 11) is 0.0287. The first-order valence-electron chi connectivity index (χ1n) is 9.85. The molecule has 0 N–H and O–H groups in total. The molecule has 4 aliphatic rings. The van der Waals surface area contributed by atoms with Crippen LogP contribution in [0.3, 0.4) is 0 Å². The smallest absolute Gasteiger partial charge is 0.0103 e. The Bertz CT molecular complexity index is 708. The highest BCUT2D eigenvalue weighted by Crippen LogP contribution is 2.72. The molecule has 0 aromatic heterocycles. The van der Waals surface area contributed by atoms with Crippen LogP contribution in [0.4, 0.5) is 0 Å². The summed E-state index contributed by atoms with van der Waals surface area (Å²) in [6, 6.07) is 18.6. The predicted octanol–water partition coefficient (Wildman–Crippen LogP) is 5.60. The summed E-state index contributed by atoms with van der Waals surface area (Å²) < 4.78 is 0. The van der Waals surface area contributed by atoms with Gasteiger partial charge in [0.1, 0.15) is 0 Å². The van der Waals surface area contributed by atoms with E-state index in [1.807, 2.05) is 0 Å². The Morgan fingerprint density at radius 2 is 1.28 bits per heavy atom. The topological polar surface area (TPSA) is 0 Å². The standard InChI is InChI=1S/C23H28P2/c1-16-7-3-5-9-21(16)25(22-10-6-4-8-17(22)2)23-20-12-18-11-19(13-20)15-24(23)14-18/h3-10,18-20,23H,11-15H2,1-2H3. The fourth-order valence-electron chi connectivity index (χ4n) is 5.87. The van der Waals surface area contributed by atoms with Crippen molar-refractivity contribution in [1.82, 2.24) is 0 Å². The van der Waals surface area contributed by atoms with Gasteiger partial charge in [0.05, 0.1) is 0 Å². The van der Waals surface area contributed by atoms with Crippen LogP contribution >= 0.6 is 15.8 Å². The summed E-state index contributed by atoms with van der Waals surface area (Å²) in [6.07, 6.45) is 7.81. The normalized spacial score (nSPS) is 33.2. The molecule has 130 valence electrons. The van der Waals surface area contributed by atoms with Crippen molar-refractivity contribution in [1.29, 1.82) is 0 Å². The number of hydrogen-bond acceptors (Lipinski definition) is 0. The van der Waals surface area contributed by atoms with Gasteiger partial charge in [0, 0.05) is 5.40 Å². The van der Waals surface area contributed by atoms with Crippen LogP contribution in [0, 0.1) is 31.6 Å². The van der Waals surface area contributed by atoms with Gasteiger partial charge < -0.3 is 0 Å². The second-order valence-electron chi connectivity index (χ2n) is 8.51. The van der Waals surface area contributed by atoms with Crippen molar-refractivity contribution in [2.75, 3.05) is 12.3 Å². The molecule has 0 nitrogen and oxygen atoms in total. The van der Waals surface area contributed by atoms with E-state index in [1.165, 1.54) is 24.0 Å². The quantitative estimate of drug-likeness (QED) is 0.620. The fourth-order valence-corrected chi connectivity index (χ4v) is 14.7. The summed E-state index contributed by atoms with van der Waals surface area (Å²) in [5.41, 5.74) is 3.03. The average molecular weight is 366 g/mol. The van der Waals surface area contributed by atoms with Crippen molar-refractivity contribution in [3.8, 4) is 0 Å². The van der Waals surface area contributed by atoms with Gasteiger partial charge in [0.2, 0.25) is 0 Å². The van der Waals surface area contributed by atoms with Crippen molar-refractivity contribution in [2.45, 2.75) is 38.5 Å². The first-order chi connectivity index (χ1) is 12.2. The number of benzene rings is 2. The third-order valence-corrected chi connectivity index (χ3v) is 14.5. The van der Waals surface area contributed by atoms with E-state index >= 15 is 0 Å². The van der Waals surface area contributed by atoms with Crippen LogP contribution in [0.25, 0.3) is 0 Å². The summed E-state index contributed by atoms with van der Waals surface area (Å²) in [6.45, 7) is 4.68. The monoisotopic (exact) mass is 366 g/mol. The maximum absolute atomic E-state index is 2.45. The molecule has 25 heavy (non-hydrogen) atoms. The molecule has 2 aromatic carbocycles. The van der Waals surface area contributed by atoms with E-state index in [9.17, 15) is 0 Å². The van der Waals surface area contributed by atoms with E-state index in [1.54, 1.807) is 29.4 Å². The van der Waals surface area contributed by atoms with Crippen molar-refractivity contribution in [3.63, 3.8) is 0 Å². The fraction of sp³-hybridized carbons (Fsp3) is 0.478. The summed E-state index contributed by atoms with van der Waals surface area (Å²) >= 11 is 0. The van der Waals surface area contributed by atoms with Crippen LogP contribution in [0.1, 0.15) is 30.4 Å². The van der Waals surface area contributed by atoms with Gasteiger partial charge in [-0.2, -0.15) is 0 Å². The first kappa shape index (κ1) is 16.5. The molecular formula is C23H28P2. The minimum atomic E-state index is -0.214. The molecule has 1 saturated carbocycles. The highest BCUT2D eigenvalue weighted by Gasteiger charge is 2.51. The Morgan fingerprint density at radius 3 is 1.76 bits per heavy atom. The molecule has 0 radical (unpaired) electrons. The van der Waals surface area contributed by atoms with Crippen LogP contribution in [-0.4, -0.2) is 17.7 Å². The number of hydrogen-bond donors (Lipinski definition) is 0. The molecule has 3 atom stereocenters. The maximum Gasteiger partial charge on any atom is 0.0103 e. The molecule has 1 aliphatic carbocycles. The predicted molar refractivity (Wildman–Crippen MR) is 113 cm³/mol. The van der Waals surface area contributed by atoms with Crippen LogP contribution in [0.5, 0.6) is 0 Å². The van der Waals surface area contributed by atoms with E-state index < -0.39 is 0 Å². The minimum absolute atomic E-state index is 0.214. The van der Waals surface area contributed by atoms with E-state index in [-0.39, 0.29) is 15.8 Å². The Morgan fingerprint density at radius 1 is 0.760 bits per heavy atom. The lowest BCUT2D eigenvalue weighted by Gasteiger charge is -2.57. The lowest BCUT2D eigenvalue weighted by Crippen LogP contribution is -2.45. The van der Waals surface area contributed by atoms with Gasteiger partial charge in [-0.15, -0.1) is 0 Å². The van der Waals surface area contributed by atoms with Crippen molar-refractivity contribution in [2.24, 2.45) is 17.8 Å². The van der Waals surface area contributed by atoms with Gasteiger partial charge in [-0.1, -0.05) is 56.5 Å². The Labute approximate surface area is 154 Å². The zero-order chi connectivity index (χ0) is 17.0. The number of rotatable bonds is 3. The lowest BCUT2D eigenvalue weighted by atomic mass is 9.76. The molecule has 6 rings (SSSR count). The molecule has 3 heterocycles. The molecule has 4 bridgehead atoms. The minimum Gasteiger partial charge on any atom is -0.0977 e. The zero-order valence-corrected chi connectivity index (χ0v) is 17.1. The Kier molecular flexibility index (Phi) is 4.27. The second kappa shape index (κ2) is 6.48. The van der Waals surface area contributed by atoms with Crippen LogP contribution in [-0.2, 0) is 0 Å². The molecule has 2 heteroatoms. The third kappa shape index (κ3) is 2.81. The second-order valence-corrected chi connectivity index (χ2v) is 13.6. The van der Waals surface area contributed by atoms with Gasteiger partial charge in [-0.25, -0.2) is 0 Å². The van der Waals surface area contributed by atoms with Crippen LogP contribution in [0.2, 0.25) is 0 Å². The summed E-state index contributed by atoms with van der Waals surface area (Å²) in [4.78, 5) is 0.